The van der Waals surface area contributed by atoms with Gasteiger partial charge in [0, 0.05) is 23.2 Å². The third-order valence-corrected chi connectivity index (χ3v) is 3.80. The van der Waals surface area contributed by atoms with Gasteiger partial charge in [-0.2, -0.15) is 0 Å². The summed E-state index contributed by atoms with van der Waals surface area (Å²) >= 11 is 12.2. The maximum absolute atomic E-state index is 6.40. The molecule has 1 aromatic heterocycles. The lowest BCUT2D eigenvalue weighted by molar-refractivity contribution is 0.394. The van der Waals surface area contributed by atoms with Crippen molar-refractivity contribution >= 4 is 34.1 Å². The zero-order valence-electron chi connectivity index (χ0n) is 11.9. The van der Waals surface area contributed by atoms with Crippen LogP contribution in [0.1, 0.15) is 0 Å². The van der Waals surface area contributed by atoms with Crippen molar-refractivity contribution < 1.29 is 9.47 Å². The van der Waals surface area contributed by atoms with Crippen LogP contribution in [0, 0.1) is 0 Å². The predicted octanol–water partition coefficient (Wildman–Crippen LogP) is 4.62. The summed E-state index contributed by atoms with van der Waals surface area (Å²) in [6.07, 6.45) is 1.67. The molecule has 0 saturated carbocycles. The Kier molecular flexibility index (Phi) is 4.05. The van der Waals surface area contributed by atoms with Crippen LogP contribution in [0.3, 0.4) is 0 Å². The maximum atomic E-state index is 6.40. The summed E-state index contributed by atoms with van der Waals surface area (Å²) in [5.41, 5.74) is 2.43. The van der Waals surface area contributed by atoms with Crippen LogP contribution in [0.4, 0.5) is 0 Å². The molecule has 0 bridgehead atoms. The van der Waals surface area contributed by atoms with Gasteiger partial charge in [0.05, 0.1) is 24.8 Å². The molecule has 0 amide bonds. The van der Waals surface area contributed by atoms with E-state index in [2.05, 4.69) is 9.97 Å². The lowest BCUT2D eigenvalue weighted by Gasteiger charge is -2.11. The van der Waals surface area contributed by atoms with Crippen LogP contribution in [0.15, 0.2) is 36.5 Å². The van der Waals surface area contributed by atoms with Crippen LogP contribution >= 0.6 is 23.2 Å². The molecule has 1 heterocycles. The number of methoxy groups -OCH3 is 2. The van der Waals surface area contributed by atoms with Crippen molar-refractivity contribution in [2.75, 3.05) is 14.2 Å². The molecule has 0 aliphatic rings. The Bertz CT molecular complexity index is 831. The number of fused-ring (bicyclic) bond motifs is 1. The van der Waals surface area contributed by atoms with Crippen molar-refractivity contribution in [1.29, 1.82) is 0 Å². The molecule has 6 heteroatoms. The highest BCUT2D eigenvalue weighted by molar-refractivity contribution is 6.34. The Morgan fingerprint density at radius 2 is 1.59 bits per heavy atom. The zero-order valence-corrected chi connectivity index (χ0v) is 13.4. The highest BCUT2D eigenvalue weighted by Crippen LogP contribution is 2.36. The van der Waals surface area contributed by atoms with Gasteiger partial charge in [-0.3, -0.25) is 0 Å². The van der Waals surface area contributed by atoms with Gasteiger partial charge in [0.15, 0.2) is 0 Å². The molecule has 0 aliphatic heterocycles. The Morgan fingerprint density at radius 1 is 0.909 bits per heavy atom. The minimum Gasteiger partial charge on any atom is -0.497 e. The van der Waals surface area contributed by atoms with Crippen LogP contribution in [0.5, 0.6) is 11.5 Å². The summed E-state index contributed by atoms with van der Waals surface area (Å²) in [5, 5.41) is 1.61. The second kappa shape index (κ2) is 5.99. The average Bonchev–Trinajstić information content (AvgIpc) is 2.53. The van der Waals surface area contributed by atoms with Crippen LogP contribution in [-0.4, -0.2) is 24.2 Å². The molecule has 112 valence electrons. The molecular formula is C16H12Cl2N2O2. The lowest BCUT2D eigenvalue weighted by atomic mass is 10.0. The van der Waals surface area contributed by atoms with E-state index in [4.69, 9.17) is 32.7 Å². The molecule has 22 heavy (non-hydrogen) atoms. The maximum Gasteiger partial charge on any atom is 0.222 e. The van der Waals surface area contributed by atoms with E-state index in [9.17, 15) is 0 Å². The third-order valence-electron chi connectivity index (χ3n) is 3.30. The van der Waals surface area contributed by atoms with Gasteiger partial charge < -0.3 is 9.47 Å². The summed E-state index contributed by atoms with van der Waals surface area (Å²) in [7, 11) is 3.22. The van der Waals surface area contributed by atoms with Crippen LogP contribution < -0.4 is 9.47 Å². The van der Waals surface area contributed by atoms with Gasteiger partial charge in [0.1, 0.15) is 11.5 Å². The minimum absolute atomic E-state index is 0.194. The van der Waals surface area contributed by atoms with E-state index in [-0.39, 0.29) is 5.28 Å². The Morgan fingerprint density at radius 3 is 2.23 bits per heavy atom. The van der Waals surface area contributed by atoms with Crippen molar-refractivity contribution in [2.45, 2.75) is 0 Å². The molecule has 0 aliphatic carbocycles. The van der Waals surface area contributed by atoms with Crippen LogP contribution in [0.2, 0.25) is 10.3 Å². The monoisotopic (exact) mass is 334 g/mol. The summed E-state index contributed by atoms with van der Waals surface area (Å²) in [4.78, 5) is 8.16. The predicted molar refractivity (Wildman–Crippen MR) is 88.1 cm³/mol. The fourth-order valence-corrected chi connectivity index (χ4v) is 2.62. The van der Waals surface area contributed by atoms with E-state index in [1.807, 2.05) is 18.2 Å². The highest BCUT2D eigenvalue weighted by Gasteiger charge is 2.10. The van der Waals surface area contributed by atoms with Gasteiger partial charge in [0.25, 0.3) is 0 Å². The van der Waals surface area contributed by atoms with E-state index in [1.54, 1.807) is 32.5 Å². The molecule has 3 aromatic rings. The number of ether oxygens (including phenoxy) is 2. The first-order chi connectivity index (χ1) is 10.6. The number of nitrogens with zero attached hydrogens (tertiary/aromatic N) is 2. The van der Waals surface area contributed by atoms with E-state index < -0.39 is 0 Å². The van der Waals surface area contributed by atoms with E-state index >= 15 is 0 Å². The van der Waals surface area contributed by atoms with Gasteiger partial charge >= 0.3 is 0 Å². The number of halogens is 2. The molecule has 3 rings (SSSR count). The molecule has 0 radical (unpaired) electrons. The first-order valence-corrected chi connectivity index (χ1v) is 7.21. The number of rotatable bonds is 3. The molecule has 0 atom stereocenters. The van der Waals surface area contributed by atoms with Crippen molar-refractivity contribution in [3.8, 4) is 22.6 Å². The van der Waals surface area contributed by atoms with Gasteiger partial charge in [-0.25, -0.2) is 9.97 Å². The van der Waals surface area contributed by atoms with Crippen molar-refractivity contribution in [3.63, 3.8) is 0 Å². The van der Waals surface area contributed by atoms with E-state index in [0.29, 0.717) is 22.0 Å². The smallest absolute Gasteiger partial charge is 0.222 e. The van der Waals surface area contributed by atoms with Gasteiger partial charge in [-0.05, 0) is 41.4 Å². The standard InChI is InChI=1S/C16H12Cl2N2O2/c1-21-11-3-9(4-12(6-11)22-2)13-5-10-8-19-16(18)20-15(10)7-14(13)17/h3-8H,1-2H3. The fraction of sp³-hybridized carbons (Fsp3) is 0.125. The fourth-order valence-electron chi connectivity index (χ4n) is 2.21. The first kappa shape index (κ1) is 14.9. The molecule has 4 nitrogen and oxygen atoms in total. The first-order valence-electron chi connectivity index (χ1n) is 6.46. The summed E-state index contributed by atoms with van der Waals surface area (Å²) in [6.45, 7) is 0. The quantitative estimate of drug-likeness (QED) is 0.655. The molecule has 0 saturated heterocycles. The van der Waals surface area contributed by atoms with Crippen LogP contribution in [-0.2, 0) is 0 Å². The summed E-state index contributed by atoms with van der Waals surface area (Å²) in [5.74, 6) is 1.38. The normalized spacial score (nSPS) is 10.7. The number of benzene rings is 2. The van der Waals surface area contributed by atoms with Crippen molar-refractivity contribution in [3.05, 3.63) is 46.8 Å². The topological polar surface area (TPSA) is 44.2 Å². The number of hydrogen-bond donors (Lipinski definition) is 0. The van der Waals surface area contributed by atoms with Crippen molar-refractivity contribution in [2.24, 2.45) is 0 Å². The largest absolute Gasteiger partial charge is 0.497 e. The molecule has 0 fully saturated rings. The molecule has 2 aromatic carbocycles. The molecule has 0 unspecified atom stereocenters. The van der Waals surface area contributed by atoms with Gasteiger partial charge in [-0.1, -0.05) is 11.6 Å². The molecule has 0 spiro atoms. The summed E-state index contributed by atoms with van der Waals surface area (Å²) < 4.78 is 10.6. The summed E-state index contributed by atoms with van der Waals surface area (Å²) in [6, 6.07) is 9.29. The third kappa shape index (κ3) is 2.80. The number of hydrogen-bond acceptors (Lipinski definition) is 4. The second-order valence-electron chi connectivity index (χ2n) is 4.63. The van der Waals surface area contributed by atoms with Gasteiger partial charge in [0.2, 0.25) is 5.28 Å². The number of aromatic nitrogens is 2. The van der Waals surface area contributed by atoms with E-state index in [0.717, 1.165) is 16.5 Å². The Hall–Kier alpha value is -2.04. The highest BCUT2D eigenvalue weighted by atomic mass is 35.5. The van der Waals surface area contributed by atoms with E-state index in [1.165, 1.54) is 0 Å². The molecule has 0 N–H and O–H groups in total. The second-order valence-corrected chi connectivity index (χ2v) is 5.38. The van der Waals surface area contributed by atoms with Crippen LogP contribution in [0.25, 0.3) is 22.0 Å². The van der Waals surface area contributed by atoms with Crippen molar-refractivity contribution in [1.82, 2.24) is 9.97 Å². The SMILES string of the molecule is COc1cc(OC)cc(-c2cc3cnc(Cl)nc3cc2Cl)c1. The average molecular weight is 335 g/mol. The Labute approximate surface area is 137 Å². The molecular weight excluding hydrogens is 323 g/mol. The Balaban J connectivity index is 2.21. The zero-order chi connectivity index (χ0) is 15.7. The minimum atomic E-state index is 0.194. The van der Waals surface area contributed by atoms with Gasteiger partial charge in [-0.15, -0.1) is 0 Å². The lowest BCUT2D eigenvalue weighted by Crippen LogP contribution is -1.90.